The van der Waals surface area contributed by atoms with Crippen molar-refractivity contribution in [1.82, 2.24) is 0 Å². The van der Waals surface area contributed by atoms with Crippen LogP contribution in [0.15, 0.2) is 41.6 Å². The molecule has 0 aromatic heterocycles. The smallest absolute Gasteiger partial charge is 0.374 e. The van der Waals surface area contributed by atoms with Crippen LogP contribution in [-0.2, 0) is 16.8 Å². The summed E-state index contributed by atoms with van der Waals surface area (Å²) in [5.74, 6) is -0.542. The maximum atomic E-state index is 13.9. The molecule has 0 saturated carbocycles. The number of halogens is 6. The van der Waals surface area contributed by atoms with E-state index in [0.29, 0.717) is 5.56 Å². The van der Waals surface area contributed by atoms with Crippen molar-refractivity contribution in [3.05, 3.63) is 69.0 Å². The minimum absolute atomic E-state index is 0.0214. The number of hydrogen-bond acceptors (Lipinski definition) is 2. The molecule has 0 saturated heterocycles. The van der Waals surface area contributed by atoms with Gasteiger partial charge in [-0.1, -0.05) is 40.7 Å². The van der Waals surface area contributed by atoms with Crippen molar-refractivity contribution in [3.8, 4) is 0 Å². The quantitative estimate of drug-likeness (QED) is 0.499. The first-order chi connectivity index (χ1) is 12.2. The van der Waals surface area contributed by atoms with Crippen LogP contribution in [0, 0.1) is 5.82 Å². The van der Waals surface area contributed by atoms with Crippen LogP contribution in [0.1, 0.15) is 23.1 Å². The van der Waals surface area contributed by atoms with Crippen LogP contribution in [0.2, 0.25) is 10.0 Å². The zero-order valence-corrected chi connectivity index (χ0v) is 14.6. The molecule has 2 aromatic carbocycles. The van der Waals surface area contributed by atoms with Crippen molar-refractivity contribution in [2.75, 3.05) is 0 Å². The minimum atomic E-state index is -4.79. The summed E-state index contributed by atoms with van der Waals surface area (Å²) in [4.78, 5) is 4.89. The van der Waals surface area contributed by atoms with Gasteiger partial charge in [-0.15, -0.1) is 0 Å². The van der Waals surface area contributed by atoms with Crippen molar-refractivity contribution in [3.63, 3.8) is 0 Å². The van der Waals surface area contributed by atoms with Crippen molar-refractivity contribution in [1.29, 1.82) is 0 Å². The van der Waals surface area contributed by atoms with E-state index in [-0.39, 0.29) is 33.2 Å². The van der Waals surface area contributed by atoms with E-state index in [9.17, 15) is 17.6 Å². The van der Waals surface area contributed by atoms with Gasteiger partial charge in [0.2, 0.25) is 0 Å². The first-order valence-corrected chi connectivity index (χ1v) is 8.19. The monoisotopic (exact) mass is 401 g/mol. The third-order valence-corrected chi connectivity index (χ3v) is 4.55. The summed E-state index contributed by atoms with van der Waals surface area (Å²) < 4.78 is 55.3. The summed E-state index contributed by atoms with van der Waals surface area (Å²) in [6.45, 7) is 0. The van der Waals surface area contributed by atoms with Crippen molar-refractivity contribution >= 4 is 36.8 Å². The molecular formula is C17H10BCl2F4NO. The lowest BCUT2D eigenvalue weighted by atomic mass is 9.86. The SMILES string of the molecule is [B]Cc1cc(C2=NOC(c3cc(Cl)cc(Cl)c3)(C(F)(F)F)C2)ccc1F. The molecule has 1 heterocycles. The first-order valence-electron chi connectivity index (χ1n) is 7.43. The Morgan fingerprint density at radius 2 is 1.77 bits per heavy atom. The fourth-order valence-electron chi connectivity index (χ4n) is 2.76. The number of hydrogen-bond donors (Lipinski definition) is 0. The molecule has 0 amide bonds. The molecule has 3 rings (SSSR count). The third kappa shape index (κ3) is 3.30. The van der Waals surface area contributed by atoms with E-state index in [1.807, 2.05) is 0 Å². The molecule has 1 aliphatic heterocycles. The second-order valence-corrected chi connectivity index (χ2v) is 6.67. The Morgan fingerprint density at radius 1 is 1.12 bits per heavy atom. The second-order valence-electron chi connectivity index (χ2n) is 5.80. The largest absolute Gasteiger partial charge is 0.435 e. The summed E-state index contributed by atoms with van der Waals surface area (Å²) in [6, 6.07) is 7.40. The van der Waals surface area contributed by atoms with Crippen molar-refractivity contribution < 1.29 is 22.4 Å². The number of rotatable bonds is 3. The Labute approximate surface area is 158 Å². The van der Waals surface area contributed by atoms with Crippen LogP contribution in [0.25, 0.3) is 0 Å². The van der Waals surface area contributed by atoms with Gasteiger partial charge in [0.15, 0.2) is 0 Å². The Hall–Kier alpha value is -1.73. The molecule has 1 unspecified atom stereocenters. The predicted molar refractivity (Wildman–Crippen MR) is 92.3 cm³/mol. The molecule has 9 heteroatoms. The molecule has 1 atom stereocenters. The van der Waals surface area contributed by atoms with E-state index in [1.54, 1.807) is 0 Å². The Kier molecular flexibility index (Phi) is 4.97. The molecule has 2 radical (unpaired) electrons. The normalized spacial score (nSPS) is 20.0. The van der Waals surface area contributed by atoms with Gasteiger partial charge in [0.25, 0.3) is 5.60 Å². The molecule has 0 bridgehead atoms. The van der Waals surface area contributed by atoms with Crippen LogP contribution in [0.5, 0.6) is 0 Å². The maximum Gasteiger partial charge on any atom is 0.435 e. The van der Waals surface area contributed by atoms with Gasteiger partial charge in [0, 0.05) is 22.0 Å². The van der Waals surface area contributed by atoms with Gasteiger partial charge in [0.1, 0.15) is 5.82 Å². The first kappa shape index (κ1) is 19.0. The van der Waals surface area contributed by atoms with Crippen molar-refractivity contribution in [2.24, 2.45) is 5.16 Å². The highest BCUT2D eigenvalue weighted by molar-refractivity contribution is 6.34. The minimum Gasteiger partial charge on any atom is -0.374 e. The van der Waals surface area contributed by atoms with Crippen LogP contribution >= 0.6 is 23.2 Å². The van der Waals surface area contributed by atoms with Crippen LogP contribution < -0.4 is 0 Å². The van der Waals surface area contributed by atoms with E-state index in [0.717, 1.165) is 18.2 Å². The summed E-state index contributed by atoms with van der Waals surface area (Å²) in [6.07, 6.45) is -5.49. The van der Waals surface area contributed by atoms with Gasteiger partial charge < -0.3 is 4.84 Å². The average Bonchev–Trinajstić information content (AvgIpc) is 3.01. The summed E-state index contributed by atoms with van der Waals surface area (Å²) in [5, 5.41) is 3.70. The summed E-state index contributed by atoms with van der Waals surface area (Å²) in [7, 11) is 5.44. The molecule has 2 aromatic rings. The molecule has 0 spiro atoms. The van der Waals surface area contributed by atoms with Gasteiger partial charge in [0.05, 0.1) is 13.6 Å². The second kappa shape index (κ2) is 6.78. The van der Waals surface area contributed by atoms with Crippen molar-refractivity contribution in [2.45, 2.75) is 24.5 Å². The molecule has 0 aliphatic carbocycles. The molecule has 134 valence electrons. The maximum absolute atomic E-state index is 13.9. The molecule has 26 heavy (non-hydrogen) atoms. The van der Waals surface area contributed by atoms with Gasteiger partial charge in [-0.25, -0.2) is 4.39 Å². The Morgan fingerprint density at radius 3 is 2.35 bits per heavy atom. The van der Waals surface area contributed by atoms with Crippen LogP contribution in [-0.4, -0.2) is 19.7 Å². The Bertz CT molecular complexity index is 867. The van der Waals surface area contributed by atoms with Gasteiger partial charge >= 0.3 is 6.18 Å². The van der Waals surface area contributed by atoms with Crippen LogP contribution in [0.4, 0.5) is 17.6 Å². The van der Waals surface area contributed by atoms with Gasteiger partial charge in [-0.3, -0.25) is 0 Å². The van der Waals surface area contributed by atoms with E-state index < -0.39 is 24.0 Å². The topological polar surface area (TPSA) is 21.6 Å². The highest BCUT2D eigenvalue weighted by atomic mass is 35.5. The van der Waals surface area contributed by atoms with Gasteiger partial charge in [-0.2, -0.15) is 13.2 Å². The van der Waals surface area contributed by atoms with E-state index >= 15 is 0 Å². The van der Waals surface area contributed by atoms with Crippen LogP contribution in [0.3, 0.4) is 0 Å². The van der Waals surface area contributed by atoms with Gasteiger partial charge in [-0.05, 0) is 41.5 Å². The molecule has 1 aliphatic rings. The number of oxime groups is 1. The molecule has 0 N–H and O–H groups in total. The third-order valence-electron chi connectivity index (χ3n) is 4.11. The molecular weight excluding hydrogens is 392 g/mol. The summed E-state index contributed by atoms with van der Waals surface area (Å²) >= 11 is 11.7. The lowest BCUT2D eigenvalue weighted by Gasteiger charge is -2.29. The average molecular weight is 402 g/mol. The molecule has 0 fully saturated rings. The zero-order valence-electron chi connectivity index (χ0n) is 13.1. The number of nitrogens with zero attached hydrogens (tertiary/aromatic N) is 1. The lowest BCUT2D eigenvalue weighted by molar-refractivity contribution is -0.275. The van der Waals surface area contributed by atoms with E-state index in [4.69, 9.17) is 35.9 Å². The fourth-order valence-corrected chi connectivity index (χ4v) is 3.28. The number of benzene rings is 2. The van der Waals surface area contributed by atoms with E-state index in [2.05, 4.69) is 5.16 Å². The van der Waals surface area contributed by atoms with E-state index in [1.165, 1.54) is 18.2 Å². The number of alkyl halides is 3. The highest BCUT2D eigenvalue weighted by Gasteiger charge is 2.62. The standard InChI is InChI=1S/C17H10BCl2F4NO/c18-8-10-3-9(1-2-14(10)21)15-7-16(26-25-15,17(22,23)24)11-4-12(19)6-13(20)5-11/h1-6H,7-8H2. The predicted octanol–water partition coefficient (Wildman–Crippen LogP) is 5.38. The lowest BCUT2D eigenvalue weighted by Crippen LogP contribution is -2.42. The summed E-state index contributed by atoms with van der Waals surface area (Å²) in [5.41, 5.74) is -2.50. The highest BCUT2D eigenvalue weighted by Crippen LogP contribution is 2.49. The zero-order chi connectivity index (χ0) is 19.1. The molecule has 2 nitrogen and oxygen atoms in total. The Balaban J connectivity index is 2.04. The fraction of sp³-hybridized carbons (Fsp3) is 0.235.